The highest BCUT2D eigenvalue weighted by atomic mass is 19.2. The summed E-state index contributed by atoms with van der Waals surface area (Å²) < 4.78 is 30.2. The molecule has 0 saturated carbocycles. The number of rotatable bonds is 8. The van der Waals surface area contributed by atoms with Crippen LogP contribution in [0.4, 0.5) is 4.39 Å². The summed E-state index contributed by atoms with van der Waals surface area (Å²) in [5.41, 5.74) is 2.60. The van der Waals surface area contributed by atoms with Gasteiger partial charge in [-0.1, -0.05) is 30.3 Å². The standard InChI is InChI=1S/C25H23FO4/c1-25(2,26)30-19-11-8-17(9-12-19)7-10-18(27)16-28-20-13-14-24-22(15-20)21-5-3-4-6-23(21)29-24/h3-6,8-9,11-15H,7,10,16H2,1-2H3. The number of furan rings is 1. The Balaban J connectivity index is 1.32. The second-order valence-corrected chi connectivity index (χ2v) is 7.69. The summed E-state index contributed by atoms with van der Waals surface area (Å²) in [6.07, 6.45) is 0.957. The van der Waals surface area contributed by atoms with Gasteiger partial charge in [-0.3, -0.25) is 4.79 Å². The van der Waals surface area contributed by atoms with Crippen LogP contribution in [0.5, 0.6) is 11.5 Å². The molecule has 0 fully saturated rings. The van der Waals surface area contributed by atoms with Gasteiger partial charge >= 0.3 is 0 Å². The molecule has 0 aliphatic heterocycles. The van der Waals surface area contributed by atoms with E-state index in [1.54, 1.807) is 12.1 Å². The van der Waals surface area contributed by atoms with Gasteiger partial charge in [0, 0.05) is 31.0 Å². The molecular weight excluding hydrogens is 383 g/mol. The van der Waals surface area contributed by atoms with E-state index in [0.717, 1.165) is 27.5 Å². The van der Waals surface area contributed by atoms with Crippen molar-refractivity contribution in [3.8, 4) is 11.5 Å². The van der Waals surface area contributed by atoms with Gasteiger partial charge in [-0.15, -0.1) is 0 Å². The molecule has 4 nitrogen and oxygen atoms in total. The minimum atomic E-state index is -1.72. The molecule has 0 aliphatic rings. The molecule has 0 bridgehead atoms. The van der Waals surface area contributed by atoms with Crippen molar-refractivity contribution in [3.63, 3.8) is 0 Å². The molecule has 0 radical (unpaired) electrons. The second kappa shape index (κ2) is 8.19. The number of Topliss-reactive ketones (excluding diaryl/α,β-unsaturated/α-hetero) is 1. The van der Waals surface area contributed by atoms with E-state index in [0.29, 0.717) is 24.3 Å². The number of para-hydroxylation sites is 1. The lowest BCUT2D eigenvalue weighted by Crippen LogP contribution is -2.20. The fraction of sp³-hybridized carbons (Fsp3) is 0.240. The fourth-order valence-corrected chi connectivity index (χ4v) is 3.32. The van der Waals surface area contributed by atoms with Crippen LogP contribution in [0.2, 0.25) is 0 Å². The Morgan fingerprint density at radius 2 is 1.63 bits per heavy atom. The maximum atomic E-state index is 13.5. The number of ketones is 1. The quantitative estimate of drug-likeness (QED) is 0.347. The summed E-state index contributed by atoms with van der Waals surface area (Å²) in [6, 6.07) is 20.5. The molecule has 0 unspecified atom stereocenters. The Morgan fingerprint density at radius 3 is 2.40 bits per heavy atom. The van der Waals surface area contributed by atoms with E-state index >= 15 is 0 Å². The van der Waals surface area contributed by atoms with Crippen LogP contribution in [-0.4, -0.2) is 18.2 Å². The Hall–Kier alpha value is -3.34. The molecule has 0 N–H and O–H groups in total. The number of hydrogen-bond acceptors (Lipinski definition) is 4. The normalized spacial score (nSPS) is 11.7. The van der Waals surface area contributed by atoms with E-state index in [1.165, 1.54) is 13.8 Å². The number of carbonyl (C=O) groups excluding carboxylic acids is 1. The highest BCUT2D eigenvalue weighted by Crippen LogP contribution is 2.31. The van der Waals surface area contributed by atoms with Crippen LogP contribution in [0.3, 0.4) is 0 Å². The van der Waals surface area contributed by atoms with Gasteiger partial charge in [-0.25, -0.2) is 0 Å². The fourth-order valence-electron chi connectivity index (χ4n) is 3.32. The van der Waals surface area contributed by atoms with E-state index in [-0.39, 0.29) is 12.4 Å². The Morgan fingerprint density at radius 1 is 0.933 bits per heavy atom. The smallest absolute Gasteiger partial charge is 0.242 e. The Bertz CT molecular complexity index is 1170. The van der Waals surface area contributed by atoms with Crippen molar-refractivity contribution in [2.75, 3.05) is 6.61 Å². The first-order valence-electron chi connectivity index (χ1n) is 9.90. The molecule has 5 heteroatoms. The first-order valence-corrected chi connectivity index (χ1v) is 9.90. The van der Waals surface area contributed by atoms with Gasteiger partial charge in [0.2, 0.25) is 5.85 Å². The number of ether oxygens (including phenoxy) is 2. The van der Waals surface area contributed by atoms with Crippen molar-refractivity contribution < 1.29 is 23.1 Å². The molecule has 0 spiro atoms. The molecule has 0 amide bonds. The molecule has 1 aromatic heterocycles. The molecule has 1 heterocycles. The number of carbonyl (C=O) groups is 1. The molecule has 3 aromatic carbocycles. The monoisotopic (exact) mass is 406 g/mol. The predicted molar refractivity (Wildman–Crippen MR) is 115 cm³/mol. The maximum absolute atomic E-state index is 13.5. The lowest BCUT2D eigenvalue weighted by molar-refractivity contribution is -0.121. The summed E-state index contributed by atoms with van der Waals surface area (Å²) in [6.45, 7) is 2.72. The summed E-state index contributed by atoms with van der Waals surface area (Å²) in [4.78, 5) is 12.3. The summed E-state index contributed by atoms with van der Waals surface area (Å²) in [5, 5.41) is 1.99. The van der Waals surface area contributed by atoms with E-state index in [2.05, 4.69) is 0 Å². The third-order valence-corrected chi connectivity index (χ3v) is 4.72. The molecule has 0 saturated heterocycles. The lowest BCUT2D eigenvalue weighted by atomic mass is 10.1. The first kappa shape index (κ1) is 20.0. The number of hydrogen-bond donors (Lipinski definition) is 0. The van der Waals surface area contributed by atoms with Crippen LogP contribution >= 0.6 is 0 Å². The second-order valence-electron chi connectivity index (χ2n) is 7.69. The molecule has 30 heavy (non-hydrogen) atoms. The summed E-state index contributed by atoms with van der Waals surface area (Å²) in [7, 11) is 0. The third-order valence-electron chi connectivity index (χ3n) is 4.72. The van der Waals surface area contributed by atoms with Crippen LogP contribution in [0.25, 0.3) is 21.9 Å². The first-order chi connectivity index (χ1) is 14.4. The Kier molecular flexibility index (Phi) is 5.44. The molecule has 4 rings (SSSR count). The summed E-state index contributed by atoms with van der Waals surface area (Å²) >= 11 is 0. The highest BCUT2D eigenvalue weighted by molar-refractivity contribution is 6.05. The molecule has 0 atom stereocenters. The number of benzene rings is 3. The van der Waals surface area contributed by atoms with Gasteiger partial charge in [-0.05, 0) is 48.4 Å². The largest absolute Gasteiger partial charge is 0.486 e. The number of halogens is 1. The van der Waals surface area contributed by atoms with Gasteiger partial charge in [0.05, 0.1) is 0 Å². The molecule has 4 aromatic rings. The van der Waals surface area contributed by atoms with E-state index in [9.17, 15) is 9.18 Å². The van der Waals surface area contributed by atoms with Gasteiger partial charge in [-0.2, -0.15) is 4.39 Å². The van der Waals surface area contributed by atoms with Crippen molar-refractivity contribution in [2.24, 2.45) is 0 Å². The minimum absolute atomic E-state index is 0.0115. The zero-order valence-electron chi connectivity index (χ0n) is 17.0. The van der Waals surface area contributed by atoms with Gasteiger partial charge in [0.25, 0.3) is 0 Å². The van der Waals surface area contributed by atoms with Crippen molar-refractivity contribution >= 4 is 27.7 Å². The van der Waals surface area contributed by atoms with Crippen molar-refractivity contribution in [1.82, 2.24) is 0 Å². The highest BCUT2D eigenvalue weighted by Gasteiger charge is 2.16. The molecule has 0 aliphatic carbocycles. The van der Waals surface area contributed by atoms with Gasteiger partial charge in [0.15, 0.2) is 5.78 Å². The van der Waals surface area contributed by atoms with Crippen molar-refractivity contribution in [1.29, 1.82) is 0 Å². The topological polar surface area (TPSA) is 48.7 Å². The maximum Gasteiger partial charge on any atom is 0.242 e. The SMILES string of the molecule is CC(C)(F)Oc1ccc(CCC(=O)COc2ccc3oc4ccccc4c3c2)cc1. The number of fused-ring (bicyclic) bond motifs is 3. The van der Waals surface area contributed by atoms with Crippen LogP contribution in [0.1, 0.15) is 25.8 Å². The van der Waals surface area contributed by atoms with E-state index in [1.807, 2.05) is 54.6 Å². The minimum Gasteiger partial charge on any atom is -0.486 e. The lowest BCUT2D eigenvalue weighted by Gasteiger charge is -2.17. The summed E-state index contributed by atoms with van der Waals surface area (Å²) in [5.74, 6) is -0.612. The third kappa shape index (κ3) is 4.79. The number of aryl methyl sites for hydroxylation is 1. The van der Waals surface area contributed by atoms with Crippen LogP contribution in [0.15, 0.2) is 71.1 Å². The average Bonchev–Trinajstić information content (AvgIpc) is 3.08. The average molecular weight is 406 g/mol. The molecule has 154 valence electrons. The van der Waals surface area contributed by atoms with Gasteiger partial charge < -0.3 is 13.9 Å². The van der Waals surface area contributed by atoms with Crippen LogP contribution < -0.4 is 9.47 Å². The molecular formula is C25H23FO4. The van der Waals surface area contributed by atoms with Crippen molar-refractivity contribution in [3.05, 3.63) is 72.3 Å². The zero-order chi connectivity index (χ0) is 21.1. The van der Waals surface area contributed by atoms with Crippen LogP contribution in [-0.2, 0) is 11.2 Å². The van der Waals surface area contributed by atoms with Crippen LogP contribution in [0, 0.1) is 0 Å². The van der Waals surface area contributed by atoms with Gasteiger partial charge in [0.1, 0.15) is 29.3 Å². The zero-order valence-corrected chi connectivity index (χ0v) is 17.0. The number of alkyl halides is 1. The Labute approximate surface area is 174 Å². The van der Waals surface area contributed by atoms with Crippen molar-refractivity contribution in [2.45, 2.75) is 32.5 Å². The predicted octanol–water partition coefficient (Wildman–Crippen LogP) is 6.25. The van der Waals surface area contributed by atoms with E-state index < -0.39 is 5.85 Å². The van der Waals surface area contributed by atoms with E-state index in [4.69, 9.17) is 13.9 Å².